The van der Waals surface area contributed by atoms with E-state index in [9.17, 15) is 18.0 Å². The van der Waals surface area contributed by atoms with Crippen molar-refractivity contribution in [3.63, 3.8) is 0 Å². The van der Waals surface area contributed by atoms with E-state index in [1.807, 2.05) is 6.07 Å². The number of hydroxylamine groups is 2. The number of nitrogens with one attached hydrogen (secondary N) is 1. The Labute approximate surface area is 179 Å². The van der Waals surface area contributed by atoms with E-state index in [1.54, 1.807) is 12.1 Å². The Hall–Kier alpha value is -2.62. The number of carboxylic acid groups (broad SMARTS) is 1. The summed E-state index contributed by atoms with van der Waals surface area (Å²) in [6.07, 6.45) is 0.755. The molecule has 160 valence electrons. The second-order valence-corrected chi connectivity index (χ2v) is 9.12. The molecule has 0 fully saturated rings. The lowest BCUT2D eigenvalue weighted by atomic mass is 10.1. The van der Waals surface area contributed by atoms with Gasteiger partial charge in [0, 0.05) is 18.0 Å². The third-order valence-electron chi connectivity index (χ3n) is 4.65. The predicted octanol–water partition coefficient (Wildman–Crippen LogP) is 2.40. The highest BCUT2D eigenvalue weighted by Crippen LogP contribution is 2.28. The van der Waals surface area contributed by atoms with Crippen LogP contribution in [-0.2, 0) is 32.5 Å². The summed E-state index contributed by atoms with van der Waals surface area (Å²) in [4.78, 5) is 28.1. The van der Waals surface area contributed by atoms with Crippen LogP contribution in [0, 0.1) is 0 Å². The number of fused-ring (bicyclic) bond motifs is 1. The van der Waals surface area contributed by atoms with Gasteiger partial charge in [0.1, 0.15) is 0 Å². The first-order valence-corrected chi connectivity index (χ1v) is 11.1. The SMILES string of the molecule is CC(=O)N(CCC(=O)O)Oc1ccc2c(c1)CC(NS(=O)(=O)c1ccc(Cl)cc1)C2. The molecule has 1 atom stereocenters. The van der Waals surface area contributed by atoms with Gasteiger partial charge in [0.05, 0.1) is 17.9 Å². The molecule has 10 heteroatoms. The number of benzene rings is 2. The normalized spacial score (nSPS) is 15.5. The molecular weight excluding hydrogens is 432 g/mol. The summed E-state index contributed by atoms with van der Waals surface area (Å²) in [6, 6.07) is 10.9. The number of halogens is 1. The van der Waals surface area contributed by atoms with Crippen molar-refractivity contribution >= 4 is 33.5 Å². The van der Waals surface area contributed by atoms with Gasteiger partial charge in [-0.15, -0.1) is 0 Å². The van der Waals surface area contributed by atoms with Gasteiger partial charge in [-0.05, 0) is 60.4 Å². The van der Waals surface area contributed by atoms with Crippen molar-refractivity contribution in [3.8, 4) is 5.75 Å². The molecule has 1 unspecified atom stereocenters. The molecule has 30 heavy (non-hydrogen) atoms. The molecule has 0 aromatic heterocycles. The van der Waals surface area contributed by atoms with Crippen LogP contribution in [0.1, 0.15) is 24.5 Å². The Balaban J connectivity index is 1.67. The molecule has 3 rings (SSSR count). The van der Waals surface area contributed by atoms with E-state index in [0.717, 1.165) is 16.2 Å². The van der Waals surface area contributed by atoms with Gasteiger partial charge in [0.25, 0.3) is 5.91 Å². The molecule has 0 bridgehead atoms. The summed E-state index contributed by atoms with van der Waals surface area (Å²) in [5.74, 6) is -1.06. The van der Waals surface area contributed by atoms with Crippen molar-refractivity contribution in [2.45, 2.75) is 37.1 Å². The molecule has 0 radical (unpaired) electrons. The largest absolute Gasteiger partial charge is 0.481 e. The van der Waals surface area contributed by atoms with Crippen LogP contribution in [0.4, 0.5) is 0 Å². The van der Waals surface area contributed by atoms with Crippen LogP contribution in [0.3, 0.4) is 0 Å². The molecule has 0 spiro atoms. The minimum absolute atomic E-state index is 0.0781. The smallest absolute Gasteiger partial charge is 0.305 e. The van der Waals surface area contributed by atoms with Crippen LogP contribution >= 0.6 is 11.6 Å². The predicted molar refractivity (Wildman–Crippen MR) is 110 cm³/mol. The highest BCUT2D eigenvalue weighted by atomic mass is 35.5. The highest BCUT2D eigenvalue weighted by Gasteiger charge is 2.27. The minimum Gasteiger partial charge on any atom is -0.481 e. The Morgan fingerprint density at radius 1 is 1.17 bits per heavy atom. The Morgan fingerprint density at radius 2 is 1.83 bits per heavy atom. The van der Waals surface area contributed by atoms with E-state index in [-0.39, 0.29) is 23.9 Å². The van der Waals surface area contributed by atoms with Crippen molar-refractivity contribution in [2.75, 3.05) is 6.54 Å². The maximum absolute atomic E-state index is 12.6. The van der Waals surface area contributed by atoms with Crippen LogP contribution in [0.2, 0.25) is 5.02 Å². The molecule has 0 aliphatic heterocycles. The number of hydrogen-bond acceptors (Lipinski definition) is 5. The molecule has 1 amide bonds. The number of aliphatic carboxylic acids is 1. The number of nitrogens with zero attached hydrogens (tertiary/aromatic N) is 1. The first-order chi connectivity index (χ1) is 14.1. The number of carbonyl (C=O) groups excluding carboxylic acids is 1. The van der Waals surface area contributed by atoms with Gasteiger partial charge in [0.15, 0.2) is 5.75 Å². The summed E-state index contributed by atoms with van der Waals surface area (Å²) >= 11 is 5.82. The van der Waals surface area contributed by atoms with Gasteiger partial charge >= 0.3 is 5.97 Å². The van der Waals surface area contributed by atoms with Gasteiger partial charge in [-0.3, -0.25) is 9.59 Å². The zero-order valence-electron chi connectivity index (χ0n) is 16.2. The molecule has 1 aliphatic carbocycles. The topological polar surface area (TPSA) is 113 Å². The van der Waals surface area contributed by atoms with Crippen LogP contribution in [-0.4, -0.2) is 43.1 Å². The number of amides is 1. The number of carbonyl (C=O) groups is 2. The van der Waals surface area contributed by atoms with Crippen molar-refractivity contribution in [3.05, 3.63) is 58.6 Å². The van der Waals surface area contributed by atoms with Crippen molar-refractivity contribution < 1.29 is 28.0 Å². The molecule has 0 heterocycles. The van der Waals surface area contributed by atoms with E-state index in [2.05, 4.69) is 4.72 Å². The lowest BCUT2D eigenvalue weighted by Crippen LogP contribution is -2.35. The molecule has 2 N–H and O–H groups in total. The number of carboxylic acids is 1. The average Bonchev–Trinajstić information content (AvgIpc) is 3.05. The van der Waals surface area contributed by atoms with Gasteiger partial charge in [0.2, 0.25) is 10.0 Å². The standard InChI is InChI=1S/C20H21ClN2O6S/c1-13(24)23(9-8-20(25)26)29-18-5-2-14-10-17(11-15(14)12-18)22-30(27,28)19-6-3-16(21)4-7-19/h2-7,12,17,22H,8-11H2,1H3,(H,25,26). The van der Waals surface area contributed by atoms with Crippen LogP contribution in [0.15, 0.2) is 47.4 Å². The molecule has 8 nitrogen and oxygen atoms in total. The van der Waals surface area contributed by atoms with E-state index >= 15 is 0 Å². The zero-order chi connectivity index (χ0) is 21.9. The van der Waals surface area contributed by atoms with Crippen molar-refractivity contribution in [2.24, 2.45) is 0 Å². The van der Waals surface area contributed by atoms with E-state index < -0.39 is 21.9 Å². The first kappa shape index (κ1) is 22.1. The third-order valence-corrected chi connectivity index (χ3v) is 6.44. The van der Waals surface area contributed by atoms with Gasteiger partial charge in [-0.2, -0.15) is 5.06 Å². The summed E-state index contributed by atoms with van der Waals surface area (Å²) in [6.45, 7) is 1.21. The van der Waals surface area contributed by atoms with Crippen molar-refractivity contribution in [1.82, 2.24) is 9.79 Å². The highest BCUT2D eigenvalue weighted by molar-refractivity contribution is 7.89. The fourth-order valence-electron chi connectivity index (χ4n) is 3.23. The molecule has 2 aromatic rings. The number of hydrogen-bond donors (Lipinski definition) is 2. The first-order valence-electron chi connectivity index (χ1n) is 9.21. The number of sulfonamides is 1. The fraction of sp³-hybridized carbons (Fsp3) is 0.300. The van der Waals surface area contributed by atoms with Crippen LogP contribution in [0.25, 0.3) is 0 Å². The van der Waals surface area contributed by atoms with Gasteiger partial charge in [-0.1, -0.05) is 17.7 Å². The van der Waals surface area contributed by atoms with Crippen molar-refractivity contribution in [1.29, 1.82) is 0 Å². The summed E-state index contributed by atoms with van der Waals surface area (Å²) in [7, 11) is -3.68. The van der Waals surface area contributed by atoms with Crippen LogP contribution in [0.5, 0.6) is 5.75 Å². The quantitative estimate of drug-likeness (QED) is 0.594. The second-order valence-electron chi connectivity index (χ2n) is 6.97. The Bertz CT molecular complexity index is 1060. The molecule has 0 saturated heterocycles. The average molecular weight is 453 g/mol. The lowest BCUT2D eigenvalue weighted by molar-refractivity contribution is -0.157. The molecule has 0 saturated carbocycles. The maximum Gasteiger partial charge on any atom is 0.305 e. The van der Waals surface area contributed by atoms with Crippen LogP contribution < -0.4 is 9.56 Å². The van der Waals surface area contributed by atoms with Gasteiger partial charge in [-0.25, -0.2) is 13.1 Å². The summed E-state index contributed by atoms with van der Waals surface area (Å²) in [5, 5.41) is 10.2. The minimum atomic E-state index is -3.68. The summed E-state index contributed by atoms with van der Waals surface area (Å²) in [5.41, 5.74) is 1.88. The zero-order valence-corrected chi connectivity index (χ0v) is 17.7. The second kappa shape index (κ2) is 9.03. The van der Waals surface area contributed by atoms with Gasteiger partial charge < -0.3 is 9.94 Å². The third kappa shape index (κ3) is 5.50. The molecule has 2 aromatic carbocycles. The lowest BCUT2D eigenvalue weighted by Gasteiger charge is -2.20. The fourth-order valence-corrected chi connectivity index (χ4v) is 4.59. The van der Waals surface area contributed by atoms with E-state index in [4.69, 9.17) is 21.5 Å². The van der Waals surface area contributed by atoms with E-state index in [1.165, 1.54) is 31.2 Å². The van der Waals surface area contributed by atoms with E-state index in [0.29, 0.717) is 23.6 Å². The Morgan fingerprint density at radius 3 is 2.47 bits per heavy atom. The number of rotatable bonds is 8. The molecular formula is C20H21ClN2O6S. The molecule has 1 aliphatic rings. The maximum atomic E-state index is 12.6. The summed E-state index contributed by atoms with van der Waals surface area (Å²) < 4.78 is 27.9. The Kier molecular flexibility index (Phi) is 6.64. The monoisotopic (exact) mass is 452 g/mol.